The van der Waals surface area contributed by atoms with Crippen molar-refractivity contribution in [3.63, 3.8) is 0 Å². The van der Waals surface area contributed by atoms with E-state index in [4.69, 9.17) is 20.8 Å². The van der Waals surface area contributed by atoms with E-state index in [9.17, 15) is 4.79 Å². The fourth-order valence-corrected chi connectivity index (χ4v) is 4.51. The van der Waals surface area contributed by atoms with Crippen molar-refractivity contribution in [2.75, 3.05) is 6.61 Å². The summed E-state index contributed by atoms with van der Waals surface area (Å²) >= 11 is 6.19. The number of ether oxygens (including phenoxy) is 1. The quantitative estimate of drug-likeness (QED) is 0.454. The van der Waals surface area contributed by atoms with Gasteiger partial charge in [-0.3, -0.25) is 4.79 Å². The molecule has 1 aliphatic carbocycles. The number of nitrogens with one attached hydrogen (secondary N) is 1. The third kappa shape index (κ3) is 4.35. The second kappa shape index (κ2) is 9.19. The van der Waals surface area contributed by atoms with E-state index in [1.54, 1.807) is 6.08 Å². The van der Waals surface area contributed by atoms with Crippen LogP contribution in [-0.2, 0) is 24.2 Å². The predicted octanol–water partition coefficient (Wildman–Crippen LogP) is 6.39. The smallest absolute Gasteiger partial charge is 0.244 e. The number of carbonyl (C=O) groups is 1. The van der Waals surface area contributed by atoms with Gasteiger partial charge in [-0.25, -0.2) is 0 Å². The van der Waals surface area contributed by atoms with Gasteiger partial charge in [0, 0.05) is 46.1 Å². The Labute approximate surface area is 188 Å². The van der Waals surface area contributed by atoms with Crippen LogP contribution in [0.1, 0.15) is 54.7 Å². The van der Waals surface area contributed by atoms with Gasteiger partial charge in [-0.05, 0) is 63.3 Å². The van der Waals surface area contributed by atoms with E-state index in [0.717, 1.165) is 57.6 Å². The summed E-state index contributed by atoms with van der Waals surface area (Å²) in [7, 11) is 0. The topological polar surface area (TPSA) is 51.5 Å². The van der Waals surface area contributed by atoms with Gasteiger partial charge >= 0.3 is 0 Å². The number of furan rings is 1. The molecule has 1 aromatic heterocycles. The average Bonchev–Trinajstić information content (AvgIpc) is 3.14. The lowest BCUT2D eigenvalue weighted by molar-refractivity contribution is -0.116. The number of carbonyl (C=O) groups excluding carboxylic acids is 1. The van der Waals surface area contributed by atoms with Crippen molar-refractivity contribution in [3.05, 3.63) is 69.4 Å². The molecule has 2 aromatic carbocycles. The molecule has 4 nitrogen and oxygen atoms in total. The lowest BCUT2D eigenvalue weighted by Gasteiger charge is -2.15. The summed E-state index contributed by atoms with van der Waals surface area (Å²) in [5.74, 6) is 1.73. The Kier molecular flexibility index (Phi) is 6.38. The van der Waals surface area contributed by atoms with Gasteiger partial charge in [0.15, 0.2) is 0 Å². The largest absolute Gasteiger partial charge is 0.493 e. The molecule has 0 unspecified atom stereocenters. The first-order valence-corrected chi connectivity index (χ1v) is 11.3. The zero-order valence-electron chi connectivity index (χ0n) is 18.3. The highest BCUT2D eigenvalue weighted by molar-refractivity contribution is 6.31. The van der Waals surface area contributed by atoms with Crippen LogP contribution in [0.25, 0.3) is 16.5 Å². The monoisotopic (exact) mass is 437 g/mol. The average molecular weight is 438 g/mol. The van der Waals surface area contributed by atoms with Gasteiger partial charge in [-0.1, -0.05) is 29.8 Å². The zero-order chi connectivity index (χ0) is 22.0. The normalized spacial score (nSPS) is 13.9. The Morgan fingerprint density at radius 2 is 2.03 bits per heavy atom. The first kappa shape index (κ1) is 21.5. The van der Waals surface area contributed by atoms with Crippen LogP contribution in [-0.4, -0.2) is 12.5 Å². The van der Waals surface area contributed by atoms with Crippen LogP contribution < -0.4 is 10.1 Å². The molecule has 4 rings (SSSR count). The standard InChI is InChI=1S/C26H28ClNO3/c1-4-30-25-17(3)26-21(19-10-6-8-12-23(19)31-26)14-20(25)16(2)13-24(29)28-15-18-9-5-7-11-22(18)27/h5,7,9,11,13-14H,4,6,8,10,12,15H2,1-3H3,(H,28,29)/b16-13+. The van der Waals surface area contributed by atoms with Gasteiger partial charge in [0.2, 0.25) is 5.91 Å². The molecule has 5 heteroatoms. The third-order valence-corrected chi connectivity index (χ3v) is 6.27. The van der Waals surface area contributed by atoms with E-state index in [1.807, 2.05) is 45.0 Å². The first-order chi connectivity index (χ1) is 15.0. The van der Waals surface area contributed by atoms with Crippen LogP contribution in [0.4, 0.5) is 0 Å². The highest BCUT2D eigenvalue weighted by atomic mass is 35.5. The number of hydrogen-bond donors (Lipinski definition) is 1. The fourth-order valence-electron chi connectivity index (χ4n) is 4.31. The maximum Gasteiger partial charge on any atom is 0.244 e. The molecule has 1 amide bonds. The van der Waals surface area contributed by atoms with Crippen molar-refractivity contribution >= 4 is 34.1 Å². The van der Waals surface area contributed by atoms with Gasteiger partial charge in [0.05, 0.1) is 6.61 Å². The Hall–Kier alpha value is -2.72. The molecular weight excluding hydrogens is 410 g/mol. The minimum absolute atomic E-state index is 0.160. The fraction of sp³-hybridized carbons (Fsp3) is 0.346. The molecule has 0 radical (unpaired) electrons. The lowest BCUT2D eigenvalue weighted by atomic mass is 9.93. The summed E-state index contributed by atoms with van der Waals surface area (Å²) in [5, 5.41) is 4.72. The highest BCUT2D eigenvalue weighted by Crippen LogP contribution is 2.41. The number of aryl methyl sites for hydroxylation is 3. The van der Waals surface area contributed by atoms with E-state index in [2.05, 4.69) is 11.4 Å². The van der Waals surface area contributed by atoms with E-state index >= 15 is 0 Å². The second-order valence-electron chi connectivity index (χ2n) is 8.04. The van der Waals surface area contributed by atoms with Crippen molar-refractivity contribution in [1.29, 1.82) is 0 Å². The van der Waals surface area contributed by atoms with Crippen molar-refractivity contribution in [1.82, 2.24) is 5.32 Å². The Morgan fingerprint density at radius 1 is 1.26 bits per heavy atom. The van der Waals surface area contributed by atoms with Crippen molar-refractivity contribution in [2.45, 2.75) is 53.0 Å². The van der Waals surface area contributed by atoms with Crippen LogP contribution in [0.15, 0.2) is 40.8 Å². The summed E-state index contributed by atoms with van der Waals surface area (Å²) < 4.78 is 12.2. The van der Waals surface area contributed by atoms with E-state index in [1.165, 1.54) is 18.4 Å². The summed E-state index contributed by atoms with van der Waals surface area (Å²) in [4.78, 5) is 12.6. The molecule has 3 aromatic rings. The van der Waals surface area contributed by atoms with Crippen LogP contribution in [0.2, 0.25) is 5.02 Å². The maximum atomic E-state index is 12.6. The predicted molar refractivity (Wildman–Crippen MR) is 126 cm³/mol. The number of fused-ring (bicyclic) bond motifs is 3. The summed E-state index contributed by atoms with van der Waals surface area (Å²) in [6.45, 7) is 6.89. The molecule has 0 fully saturated rings. The van der Waals surface area contributed by atoms with Crippen LogP contribution in [0.5, 0.6) is 5.75 Å². The van der Waals surface area contributed by atoms with Gasteiger partial charge < -0.3 is 14.5 Å². The maximum absolute atomic E-state index is 12.6. The van der Waals surface area contributed by atoms with Gasteiger partial charge in [-0.2, -0.15) is 0 Å². The number of hydrogen-bond acceptors (Lipinski definition) is 3. The lowest BCUT2D eigenvalue weighted by Crippen LogP contribution is -2.20. The molecule has 1 heterocycles. The van der Waals surface area contributed by atoms with Crippen LogP contribution in [0, 0.1) is 6.92 Å². The molecule has 0 saturated carbocycles. The van der Waals surface area contributed by atoms with Gasteiger partial charge in [0.1, 0.15) is 17.1 Å². The van der Waals surface area contributed by atoms with E-state index < -0.39 is 0 Å². The van der Waals surface area contributed by atoms with Crippen LogP contribution in [0.3, 0.4) is 0 Å². The molecule has 0 saturated heterocycles. The molecular formula is C26H28ClNO3. The molecule has 1 aliphatic rings. The van der Waals surface area contributed by atoms with E-state index in [-0.39, 0.29) is 5.91 Å². The zero-order valence-corrected chi connectivity index (χ0v) is 19.1. The minimum atomic E-state index is -0.160. The molecule has 1 N–H and O–H groups in total. The van der Waals surface area contributed by atoms with Gasteiger partial charge in [-0.15, -0.1) is 0 Å². The summed E-state index contributed by atoms with van der Waals surface area (Å²) in [6, 6.07) is 9.65. The number of rotatable bonds is 6. The van der Waals surface area contributed by atoms with E-state index in [0.29, 0.717) is 18.2 Å². The Morgan fingerprint density at radius 3 is 2.81 bits per heavy atom. The SMILES string of the molecule is CCOc1c(/C(C)=C/C(=O)NCc2ccccc2Cl)cc2c3c(oc2c1C)CCCC3. The minimum Gasteiger partial charge on any atom is -0.493 e. The molecule has 0 bridgehead atoms. The summed E-state index contributed by atoms with van der Waals surface area (Å²) in [5.41, 5.74) is 5.90. The second-order valence-corrected chi connectivity index (χ2v) is 8.44. The van der Waals surface area contributed by atoms with Crippen LogP contribution >= 0.6 is 11.6 Å². The first-order valence-electron chi connectivity index (χ1n) is 10.9. The molecule has 0 spiro atoms. The Bertz CT molecular complexity index is 1160. The Balaban J connectivity index is 1.67. The van der Waals surface area contributed by atoms with Crippen molar-refractivity contribution < 1.29 is 13.9 Å². The highest BCUT2D eigenvalue weighted by Gasteiger charge is 2.23. The number of allylic oxidation sites excluding steroid dienone is 1. The number of benzene rings is 2. The van der Waals surface area contributed by atoms with Crippen molar-refractivity contribution in [2.24, 2.45) is 0 Å². The molecule has 0 atom stereocenters. The van der Waals surface area contributed by atoms with Crippen molar-refractivity contribution in [3.8, 4) is 5.75 Å². The summed E-state index contributed by atoms with van der Waals surface area (Å²) in [6.07, 6.45) is 6.01. The molecule has 162 valence electrons. The number of halogens is 1. The van der Waals surface area contributed by atoms with Gasteiger partial charge in [0.25, 0.3) is 0 Å². The third-order valence-electron chi connectivity index (χ3n) is 5.90. The number of amides is 1. The molecule has 0 aliphatic heterocycles. The molecule has 31 heavy (non-hydrogen) atoms.